The van der Waals surface area contributed by atoms with Gasteiger partial charge in [-0.1, -0.05) is 0 Å². The van der Waals surface area contributed by atoms with Crippen molar-refractivity contribution in [2.45, 2.75) is 6.61 Å². The van der Waals surface area contributed by atoms with Crippen LogP contribution in [0.1, 0.15) is 10.4 Å². The number of amides is 1. The van der Waals surface area contributed by atoms with Crippen LogP contribution < -0.4 is 10.1 Å². The Bertz CT molecular complexity index is 371. The van der Waals surface area contributed by atoms with Crippen molar-refractivity contribution in [3.63, 3.8) is 0 Å². The summed E-state index contributed by atoms with van der Waals surface area (Å²) in [5.41, 5.74) is 0.261. The molecule has 0 saturated carbocycles. The molecular formula is C9H8BrF2NO2. The first-order valence-corrected chi connectivity index (χ1v) is 4.80. The van der Waals surface area contributed by atoms with Gasteiger partial charge in [0.2, 0.25) is 0 Å². The zero-order valence-electron chi connectivity index (χ0n) is 7.76. The maximum absolute atomic E-state index is 12.0. The number of nitrogens with one attached hydrogen (secondary N) is 1. The quantitative estimate of drug-likeness (QED) is 0.923. The number of ether oxygens (including phenoxy) is 1. The molecule has 0 radical (unpaired) electrons. The molecule has 0 aliphatic rings. The van der Waals surface area contributed by atoms with Crippen molar-refractivity contribution in [3.05, 3.63) is 28.2 Å². The van der Waals surface area contributed by atoms with Crippen LogP contribution in [0.3, 0.4) is 0 Å². The third-order valence-electron chi connectivity index (χ3n) is 1.64. The lowest BCUT2D eigenvalue weighted by Crippen LogP contribution is -2.17. The van der Waals surface area contributed by atoms with Gasteiger partial charge < -0.3 is 10.1 Å². The summed E-state index contributed by atoms with van der Waals surface area (Å²) < 4.78 is 28.5. The summed E-state index contributed by atoms with van der Waals surface area (Å²) in [6.45, 7) is -2.92. The Morgan fingerprint density at radius 1 is 1.53 bits per heavy atom. The Morgan fingerprint density at radius 2 is 2.20 bits per heavy atom. The van der Waals surface area contributed by atoms with Crippen LogP contribution in [0.2, 0.25) is 0 Å². The molecule has 0 aliphatic heterocycles. The van der Waals surface area contributed by atoms with E-state index in [-0.39, 0.29) is 17.2 Å². The SMILES string of the molecule is CNC(=O)c1ccc(Br)c(OC(F)F)c1. The minimum absolute atomic E-state index is 0.0638. The first kappa shape index (κ1) is 11.9. The maximum Gasteiger partial charge on any atom is 0.387 e. The monoisotopic (exact) mass is 279 g/mol. The second kappa shape index (κ2) is 5.06. The van der Waals surface area contributed by atoms with E-state index in [0.29, 0.717) is 4.47 Å². The molecule has 0 spiro atoms. The number of halogens is 3. The van der Waals surface area contributed by atoms with E-state index < -0.39 is 6.61 Å². The highest BCUT2D eigenvalue weighted by molar-refractivity contribution is 9.10. The second-order valence-corrected chi connectivity index (χ2v) is 3.46. The number of carbonyl (C=O) groups is 1. The van der Waals surface area contributed by atoms with E-state index in [1.165, 1.54) is 25.2 Å². The molecule has 1 rings (SSSR count). The van der Waals surface area contributed by atoms with E-state index in [9.17, 15) is 13.6 Å². The molecule has 0 unspecified atom stereocenters. The lowest BCUT2D eigenvalue weighted by Gasteiger charge is -2.08. The van der Waals surface area contributed by atoms with Crippen molar-refractivity contribution < 1.29 is 18.3 Å². The van der Waals surface area contributed by atoms with Crippen LogP contribution in [0.5, 0.6) is 5.75 Å². The molecule has 1 amide bonds. The highest BCUT2D eigenvalue weighted by Crippen LogP contribution is 2.27. The molecule has 1 aromatic carbocycles. The molecule has 0 aromatic heterocycles. The Morgan fingerprint density at radius 3 is 2.73 bits per heavy atom. The number of alkyl halides is 2. The summed E-state index contributed by atoms with van der Waals surface area (Å²) in [6, 6.07) is 4.22. The van der Waals surface area contributed by atoms with Gasteiger partial charge in [-0.3, -0.25) is 4.79 Å². The number of benzene rings is 1. The summed E-state index contributed by atoms with van der Waals surface area (Å²) in [5.74, 6) is -0.423. The van der Waals surface area contributed by atoms with E-state index in [4.69, 9.17) is 0 Å². The third kappa shape index (κ3) is 3.16. The van der Waals surface area contributed by atoms with E-state index >= 15 is 0 Å². The molecule has 0 bridgehead atoms. The number of carbonyl (C=O) groups excluding carboxylic acids is 1. The van der Waals surface area contributed by atoms with Gasteiger partial charge in [-0.2, -0.15) is 8.78 Å². The lowest BCUT2D eigenvalue weighted by molar-refractivity contribution is -0.0503. The molecule has 0 aliphatic carbocycles. The topological polar surface area (TPSA) is 38.3 Å². The van der Waals surface area contributed by atoms with Crippen LogP contribution in [-0.4, -0.2) is 19.6 Å². The number of hydrogen-bond donors (Lipinski definition) is 1. The molecule has 1 N–H and O–H groups in total. The van der Waals surface area contributed by atoms with Gasteiger partial charge in [0.25, 0.3) is 5.91 Å². The van der Waals surface area contributed by atoms with Crippen molar-refractivity contribution in [1.29, 1.82) is 0 Å². The van der Waals surface area contributed by atoms with Gasteiger partial charge in [-0.15, -0.1) is 0 Å². The van der Waals surface area contributed by atoms with Crippen molar-refractivity contribution in [2.75, 3.05) is 7.05 Å². The van der Waals surface area contributed by atoms with Gasteiger partial charge in [-0.25, -0.2) is 0 Å². The molecule has 82 valence electrons. The van der Waals surface area contributed by atoms with Crippen LogP contribution in [-0.2, 0) is 0 Å². The first-order valence-electron chi connectivity index (χ1n) is 4.01. The molecule has 1 aromatic rings. The smallest absolute Gasteiger partial charge is 0.387 e. The van der Waals surface area contributed by atoms with E-state index in [2.05, 4.69) is 26.0 Å². The predicted octanol–water partition coefficient (Wildman–Crippen LogP) is 2.41. The summed E-state index contributed by atoms with van der Waals surface area (Å²) in [5, 5.41) is 2.38. The van der Waals surface area contributed by atoms with Crippen LogP contribution in [0.15, 0.2) is 22.7 Å². The number of hydrogen-bond acceptors (Lipinski definition) is 2. The molecule has 3 nitrogen and oxygen atoms in total. The van der Waals surface area contributed by atoms with Gasteiger partial charge >= 0.3 is 6.61 Å². The van der Waals surface area contributed by atoms with Gasteiger partial charge in [0, 0.05) is 12.6 Å². The van der Waals surface area contributed by atoms with Crippen molar-refractivity contribution in [3.8, 4) is 5.75 Å². The maximum atomic E-state index is 12.0. The minimum Gasteiger partial charge on any atom is -0.434 e. The summed E-state index contributed by atoms with van der Waals surface area (Å²) in [4.78, 5) is 11.2. The minimum atomic E-state index is -2.92. The molecule has 0 atom stereocenters. The van der Waals surface area contributed by atoms with Crippen LogP contribution in [0, 0.1) is 0 Å². The van der Waals surface area contributed by atoms with Gasteiger partial charge in [0.1, 0.15) is 5.75 Å². The van der Waals surface area contributed by atoms with Crippen LogP contribution >= 0.6 is 15.9 Å². The van der Waals surface area contributed by atoms with Crippen molar-refractivity contribution in [1.82, 2.24) is 5.32 Å². The Labute approximate surface area is 93.5 Å². The summed E-state index contributed by atoms with van der Waals surface area (Å²) in [7, 11) is 1.46. The van der Waals surface area contributed by atoms with Gasteiger partial charge in [0.05, 0.1) is 4.47 Å². The fraction of sp³-hybridized carbons (Fsp3) is 0.222. The largest absolute Gasteiger partial charge is 0.434 e. The Hall–Kier alpha value is -1.17. The molecule has 0 saturated heterocycles. The van der Waals surface area contributed by atoms with E-state index in [1.807, 2.05) is 0 Å². The van der Waals surface area contributed by atoms with Crippen molar-refractivity contribution in [2.24, 2.45) is 0 Å². The molecule has 0 fully saturated rings. The average molecular weight is 280 g/mol. The van der Waals surface area contributed by atoms with Gasteiger partial charge in [0.15, 0.2) is 0 Å². The predicted molar refractivity (Wildman–Crippen MR) is 54.2 cm³/mol. The molecule has 6 heteroatoms. The normalized spacial score (nSPS) is 10.2. The third-order valence-corrected chi connectivity index (χ3v) is 2.29. The second-order valence-electron chi connectivity index (χ2n) is 2.60. The average Bonchev–Trinajstić information content (AvgIpc) is 2.19. The van der Waals surface area contributed by atoms with Crippen LogP contribution in [0.4, 0.5) is 8.78 Å². The first-order chi connectivity index (χ1) is 7.04. The highest BCUT2D eigenvalue weighted by Gasteiger charge is 2.11. The standard InChI is InChI=1S/C9H8BrF2NO2/c1-13-8(14)5-2-3-6(10)7(4-5)15-9(11)12/h2-4,9H,1H3,(H,13,14). The summed E-state index contributed by atoms with van der Waals surface area (Å²) >= 11 is 3.04. The fourth-order valence-corrected chi connectivity index (χ4v) is 1.32. The van der Waals surface area contributed by atoms with Crippen molar-refractivity contribution >= 4 is 21.8 Å². The molecule has 15 heavy (non-hydrogen) atoms. The summed E-state index contributed by atoms with van der Waals surface area (Å²) in [6.07, 6.45) is 0. The molecule has 0 heterocycles. The lowest BCUT2D eigenvalue weighted by atomic mass is 10.2. The zero-order valence-corrected chi connectivity index (χ0v) is 9.35. The Balaban J connectivity index is 2.99. The highest BCUT2D eigenvalue weighted by atomic mass is 79.9. The molecular weight excluding hydrogens is 272 g/mol. The van der Waals surface area contributed by atoms with Gasteiger partial charge in [-0.05, 0) is 34.1 Å². The fourth-order valence-electron chi connectivity index (χ4n) is 0.975. The Kier molecular flexibility index (Phi) is 4.02. The van der Waals surface area contributed by atoms with E-state index in [1.54, 1.807) is 0 Å². The zero-order chi connectivity index (χ0) is 11.4. The van der Waals surface area contributed by atoms with Crippen LogP contribution in [0.25, 0.3) is 0 Å². The number of rotatable bonds is 3. The van der Waals surface area contributed by atoms with E-state index in [0.717, 1.165) is 0 Å².